The summed E-state index contributed by atoms with van der Waals surface area (Å²) in [4.78, 5) is 16.0. The van der Waals surface area contributed by atoms with E-state index in [1.807, 2.05) is 26.0 Å². The van der Waals surface area contributed by atoms with Gasteiger partial charge in [0.1, 0.15) is 6.54 Å². The maximum absolute atomic E-state index is 13.3. The topological polar surface area (TPSA) is 46.9 Å². The van der Waals surface area contributed by atoms with Gasteiger partial charge in [-0.05, 0) is 35.7 Å². The van der Waals surface area contributed by atoms with Crippen LogP contribution in [-0.4, -0.2) is 15.5 Å². The van der Waals surface area contributed by atoms with E-state index in [2.05, 4.69) is 10.3 Å². The van der Waals surface area contributed by atoms with Crippen molar-refractivity contribution in [2.45, 2.75) is 32.5 Å². The Kier molecular flexibility index (Phi) is 4.71. The summed E-state index contributed by atoms with van der Waals surface area (Å²) in [7, 11) is 0. The summed E-state index contributed by atoms with van der Waals surface area (Å²) in [5, 5.41) is 2.66. The van der Waals surface area contributed by atoms with E-state index in [9.17, 15) is 18.0 Å². The monoisotopic (exact) mass is 361 g/mol. The molecule has 0 fully saturated rings. The second-order valence-corrected chi connectivity index (χ2v) is 6.34. The number of fused-ring (bicyclic) bond motifs is 1. The molecule has 3 aromatic rings. The van der Waals surface area contributed by atoms with Gasteiger partial charge in [-0.1, -0.05) is 38.1 Å². The number of halogens is 3. The third kappa shape index (κ3) is 3.71. The average Bonchev–Trinajstić information content (AvgIpc) is 2.94. The van der Waals surface area contributed by atoms with Crippen molar-refractivity contribution in [2.24, 2.45) is 0 Å². The van der Waals surface area contributed by atoms with Crippen molar-refractivity contribution in [2.75, 3.05) is 5.32 Å². The molecule has 0 radical (unpaired) electrons. The lowest BCUT2D eigenvalue weighted by Crippen LogP contribution is -2.23. The molecule has 0 saturated heterocycles. The molecule has 4 nitrogen and oxygen atoms in total. The van der Waals surface area contributed by atoms with Crippen LogP contribution in [-0.2, 0) is 17.5 Å². The first-order valence-corrected chi connectivity index (χ1v) is 8.18. The maximum Gasteiger partial charge on any atom is 0.449 e. The number of carbonyl (C=O) groups is 1. The van der Waals surface area contributed by atoms with Crippen LogP contribution in [0.5, 0.6) is 0 Å². The van der Waals surface area contributed by atoms with Gasteiger partial charge in [0.05, 0.1) is 11.0 Å². The standard InChI is InChI=1S/C19H18F3N3O/c1-12(2)13-6-5-7-14(10-13)23-17(26)11-25-16-9-4-3-8-15(16)24-18(25)19(20,21)22/h3-10,12H,11H2,1-2H3,(H,23,26). The normalized spacial score (nSPS) is 11.9. The zero-order chi connectivity index (χ0) is 18.9. The fourth-order valence-electron chi connectivity index (χ4n) is 2.77. The second-order valence-electron chi connectivity index (χ2n) is 6.34. The first-order chi connectivity index (χ1) is 12.3. The maximum atomic E-state index is 13.3. The fraction of sp³-hybridized carbons (Fsp3) is 0.263. The molecule has 0 bridgehead atoms. The lowest BCUT2D eigenvalue weighted by molar-refractivity contribution is -0.147. The van der Waals surface area contributed by atoms with Crippen LogP contribution in [0.25, 0.3) is 11.0 Å². The molecule has 0 atom stereocenters. The Labute approximate surface area is 148 Å². The smallest absolute Gasteiger partial charge is 0.325 e. The molecule has 1 amide bonds. The zero-order valence-corrected chi connectivity index (χ0v) is 14.3. The number of carbonyl (C=O) groups excluding carboxylic acids is 1. The number of nitrogens with one attached hydrogen (secondary N) is 1. The van der Waals surface area contributed by atoms with E-state index in [4.69, 9.17) is 0 Å². The average molecular weight is 361 g/mol. The van der Waals surface area contributed by atoms with Crippen molar-refractivity contribution in [3.63, 3.8) is 0 Å². The molecule has 0 aliphatic carbocycles. The molecule has 7 heteroatoms. The Morgan fingerprint density at radius 3 is 2.58 bits per heavy atom. The minimum Gasteiger partial charge on any atom is -0.325 e. The van der Waals surface area contributed by atoms with Gasteiger partial charge in [0.25, 0.3) is 0 Å². The third-order valence-electron chi connectivity index (χ3n) is 4.05. The number of para-hydroxylation sites is 2. The number of hydrogen-bond donors (Lipinski definition) is 1. The van der Waals surface area contributed by atoms with Gasteiger partial charge in [0.2, 0.25) is 11.7 Å². The highest BCUT2D eigenvalue weighted by molar-refractivity contribution is 5.91. The highest BCUT2D eigenvalue weighted by Gasteiger charge is 2.37. The SMILES string of the molecule is CC(C)c1cccc(NC(=O)Cn2c(C(F)(F)F)nc3ccccc32)c1. The van der Waals surface area contributed by atoms with Gasteiger partial charge in [-0.3, -0.25) is 4.79 Å². The molecule has 1 N–H and O–H groups in total. The summed E-state index contributed by atoms with van der Waals surface area (Å²) in [6, 6.07) is 13.5. The van der Waals surface area contributed by atoms with Crippen LogP contribution in [0, 0.1) is 0 Å². The minimum atomic E-state index is -4.64. The summed E-state index contributed by atoms with van der Waals surface area (Å²) in [6.07, 6.45) is -4.64. The van der Waals surface area contributed by atoms with Gasteiger partial charge in [-0.2, -0.15) is 13.2 Å². The number of nitrogens with zero attached hydrogens (tertiary/aromatic N) is 2. The first-order valence-electron chi connectivity index (χ1n) is 8.18. The van der Waals surface area contributed by atoms with Crippen LogP contribution in [0.1, 0.15) is 31.2 Å². The Morgan fingerprint density at radius 2 is 1.88 bits per heavy atom. The number of aromatic nitrogens is 2. The summed E-state index contributed by atoms with van der Waals surface area (Å²) in [5.74, 6) is -1.34. The molecule has 0 aliphatic rings. The zero-order valence-electron chi connectivity index (χ0n) is 14.3. The molecule has 136 valence electrons. The van der Waals surface area contributed by atoms with Crippen molar-refractivity contribution in [3.8, 4) is 0 Å². The van der Waals surface area contributed by atoms with Crippen LogP contribution in [0.4, 0.5) is 18.9 Å². The predicted octanol–water partition coefficient (Wildman–Crippen LogP) is 4.82. The van der Waals surface area contributed by atoms with Gasteiger partial charge in [0, 0.05) is 5.69 Å². The van der Waals surface area contributed by atoms with Crippen molar-refractivity contribution >= 4 is 22.6 Å². The number of alkyl halides is 3. The largest absolute Gasteiger partial charge is 0.449 e. The van der Waals surface area contributed by atoms with Gasteiger partial charge in [-0.15, -0.1) is 0 Å². The quantitative estimate of drug-likeness (QED) is 0.724. The van der Waals surface area contributed by atoms with Gasteiger partial charge < -0.3 is 9.88 Å². The van der Waals surface area contributed by atoms with Gasteiger partial charge in [0.15, 0.2) is 0 Å². The molecule has 1 heterocycles. The number of amides is 1. The summed E-state index contributed by atoms with van der Waals surface area (Å²) in [5.41, 5.74) is 2.06. The van der Waals surface area contributed by atoms with Gasteiger partial charge >= 0.3 is 6.18 Å². The van der Waals surface area contributed by atoms with Crippen LogP contribution < -0.4 is 5.32 Å². The van der Waals surface area contributed by atoms with E-state index >= 15 is 0 Å². The fourth-order valence-corrected chi connectivity index (χ4v) is 2.77. The van der Waals surface area contributed by atoms with E-state index in [1.54, 1.807) is 24.3 Å². The number of hydrogen-bond acceptors (Lipinski definition) is 2. The Bertz CT molecular complexity index is 945. The third-order valence-corrected chi connectivity index (χ3v) is 4.05. The second kappa shape index (κ2) is 6.82. The molecule has 26 heavy (non-hydrogen) atoms. The molecule has 3 rings (SSSR count). The highest BCUT2D eigenvalue weighted by atomic mass is 19.4. The molecule has 1 aromatic heterocycles. The van der Waals surface area contributed by atoms with Crippen LogP contribution in [0.3, 0.4) is 0 Å². The van der Waals surface area contributed by atoms with E-state index < -0.39 is 24.5 Å². The molecule has 0 spiro atoms. The molecular formula is C19H18F3N3O. The van der Waals surface area contributed by atoms with Crippen molar-refractivity contribution in [3.05, 3.63) is 59.9 Å². The number of imidazole rings is 1. The van der Waals surface area contributed by atoms with Crippen molar-refractivity contribution < 1.29 is 18.0 Å². The minimum absolute atomic E-state index is 0.203. The first kappa shape index (κ1) is 18.0. The lowest BCUT2D eigenvalue weighted by atomic mass is 10.0. The lowest BCUT2D eigenvalue weighted by Gasteiger charge is -2.13. The number of rotatable bonds is 4. The van der Waals surface area contributed by atoms with Crippen molar-refractivity contribution in [1.29, 1.82) is 0 Å². The van der Waals surface area contributed by atoms with Crippen LogP contribution in [0.2, 0.25) is 0 Å². The number of anilines is 1. The van der Waals surface area contributed by atoms with Gasteiger partial charge in [-0.25, -0.2) is 4.98 Å². The van der Waals surface area contributed by atoms with E-state index in [1.165, 1.54) is 12.1 Å². The van der Waals surface area contributed by atoms with Crippen LogP contribution >= 0.6 is 0 Å². The molecular weight excluding hydrogens is 343 g/mol. The summed E-state index contributed by atoms with van der Waals surface area (Å²) < 4.78 is 40.8. The predicted molar refractivity (Wildman–Crippen MR) is 93.9 cm³/mol. The van der Waals surface area contributed by atoms with Crippen molar-refractivity contribution in [1.82, 2.24) is 9.55 Å². The molecule has 0 saturated carbocycles. The Balaban J connectivity index is 1.89. The molecule has 2 aromatic carbocycles. The van der Waals surface area contributed by atoms with E-state index in [0.717, 1.165) is 10.1 Å². The Hall–Kier alpha value is -2.83. The summed E-state index contributed by atoms with van der Waals surface area (Å²) in [6.45, 7) is 3.57. The number of benzene rings is 2. The van der Waals surface area contributed by atoms with E-state index in [-0.39, 0.29) is 17.0 Å². The molecule has 0 aliphatic heterocycles. The van der Waals surface area contributed by atoms with Crippen LogP contribution in [0.15, 0.2) is 48.5 Å². The molecule has 0 unspecified atom stereocenters. The Morgan fingerprint density at radius 1 is 1.15 bits per heavy atom. The van der Waals surface area contributed by atoms with E-state index in [0.29, 0.717) is 5.69 Å². The summed E-state index contributed by atoms with van der Waals surface area (Å²) >= 11 is 0. The highest BCUT2D eigenvalue weighted by Crippen LogP contribution is 2.31.